The maximum absolute atomic E-state index is 12.5. The van der Waals surface area contributed by atoms with Crippen molar-refractivity contribution in [1.29, 1.82) is 0 Å². The van der Waals surface area contributed by atoms with Crippen LogP contribution in [-0.4, -0.2) is 30.4 Å². The lowest BCUT2D eigenvalue weighted by Gasteiger charge is -2.23. The van der Waals surface area contributed by atoms with E-state index in [1.54, 1.807) is 4.31 Å². The molecule has 1 aliphatic rings. The second kappa shape index (κ2) is 6.46. The largest absolute Gasteiger partial charge is 0.214 e. The van der Waals surface area contributed by atoms with Crippen LogP contribution in [0.2, 0.25) is 0 Å². The predicted molar refractivity (Wildman–Crippen MR) is 83.4 cm³/mol. The highest BCUT2D eigenvalue weighted by Gasteiger charge is 2.37. The SMILES string of the molecule is Cc1ccc(CN(C2CC2)S(=O)(=O)CC(C)CCl)cc1. The Morgan fingerprint density at radius 1 is 1.30 bits per heavy atom. The molecule has 0 aromatic heterocycles. The Kier molecular flexibility index (Phi) is 5.10. The summed E-state index contributed by atoms with van der Waals surface area (Å²) < 4.78 is 26.7. The Balaban J connectivity index is 2.13. The first-order valence-electron chi connectivity index (χ1n) is 7.03. The first-order chi connectivity index (χ1) is 9.42. The molecule has 1 aromatic rings. The summed E-state index contributed by atoms with van der Waals surface area (Å²) in [6, 6.07) is 8.24. The molecule has 0 bridgehead atoms. The van der Waals surface area contributed by atoms with E-state index in [4.69, 9.17) is 11.6 Å². The average Bonchev–Trinajstić information content (AvgIpc) is 3.21. The summed E-state index contributed by atoms with van der Waals surface area (Å²) in [7, 11) is -3.23. The Morgan fingerprint density at radius 3 is 2.40 bits per heavy atom. The first kappa shape index (κ1) is 15.8. The summed E-state index contributed by atoms with van der Waals surface area (Å²) in [6.07, 6.45) is 1.95. The third-order valence-corrected chi connectivity index (χ3v) is 6.19. The zero-order valence-corrected chi connectivity index (χ0v) is 13.6. The van der Waals surface area contributed by atoms with Gasteiger partial charge in [-0.25, -0.2) is 8.42 Å². The monoisotopic (exact) mass is 315 g/mol. The van der Waals surface area contributed by atoms with Gasteiger partial charge in [0.05, 0.1) is 5.75 Å². The smallest absolute Gasteiger partial charge is 0.212 e. The van der Waals surface area contributed by atoms with Crippen molar-refractivity contribution in [2.24, 2.45) is 5.92 Å². The quantitative estimate of drug-likeness (QED) is 0.725. The molecule has 1 aliphatic carbocycles. The van der Waals surface area contributed by atoms with E-state index < -0.39 is 10.0 Å². The van der Waals surface area contributed by atoms with Crippen LogP contribution in [-0.2, 0) is 16.6 Å². The number of hydrogen-bond acceptors (Lipinski definition) is 2. The van der Waals surface area contributed by atoms with Crippen LogP contribution in [0.1, 0.15) is 30.9 Å². The molecule has 0 saturated heterocycles. The molecule has 1 aromatic carbocycles. The maximum Gasteiger partial charge on any atom is 0.214 e. The Labute approximate surface area is 127 Å². The Morgan fingerprint density at radius 2 is 1.90 bits per heavy atom. The molecule has 0 spiro atoms. The third kappa shape index (κ3) is 4.21. The van der Waals surface area contributed by atoms with Crippen LogP contribution in [0, 0.1) is 12.8 Å². The summed E-state index contributed by atoms with van der Waals surface area (Å²) in [6.45, 7) is 4.38. The van der Waals surface area contributed by atoms with E-state index >= 15 is 0 Å². The van der Waals surface area contributed by atoms with Gasteiger partial charge in [-0.05, 0) is 31.2 Å². The molecule has 112 valence electrons. The molecule has 1 saturated carbocycles. The first-order valence-corrected chi connectivity index (χ1v) is 9.18. The van der Waals surface area contributed by atoms with Crippen LogP contribution in [0.4, 0.5) is 0 Å². The van der Waals surface area contributed by atoms with E-state index in [9.17, 15) is 8.42 Å². The average molecular weight is 316 g/mol. The topological polar surface area (TPSA) is 37.4 Å². The molecule has 0 aliphatic heterocycles. The van der Waals surface area contributed by atoms with Gasteiger partial charge in [0.25, 0.3) is 0 Å². The van der Waals surface area contributed by atoms with E-state index in [1.165, 1.54) is 5.56 Å². The molecule has 1 fully saturated rings. The third-order valence-electron chi connectivity index (χ3n) is 3.53. The van der Waals surface area contributed by atoms with E-state index in [0.29, 0.717) is 12.4 Å². The summed E-state index contributed by atoms with van der Waals surface area (Å²) in [4.78, 5) is 0. The molecule has 0 radical (unpaired) electrons. The van der Waals surface area contributed by atoms with Gasteiger partial charge in [0.1, 0.15) is 0 Å². The fraction of sp³-hybridized carbons (Fsp3) is 0.600. The highest BCUT2D eigenvalue weighted by Crippen LogP contribution is 2.31. The molecule has 2 rings (SSSR count). The van der Waals surface area contributed by atoms with Crippen LogP contribution in [0.15, 0.2) is 24.3 Å². The molecular formula is C15H22ClNO2S. The zero-order chi connectivity index (χ0) is 14.8. The number of nitrogens with zero attached hydrogens (tertiary/aromatic N) is 1. The molecule has 1 atom stereocenters. The fourth-order valence-corrected chi connectivity index (χ4v) is 4.47. The molecule has 5 heteroatoms. The lowest BCUT2D eigenvalue weighted by Crippen LogP contribution is -2.36. The molecule has 3 nitrogen and oxygen atoms in total. The van der Waals surface area contributed by atoms with Gasteiger partial charge in [-0.3, -0.25) is 0 Å². The van der Waals surface area contributed by atoms with E-state index in [1.807, 2.05) is 38.1 Å². The number of alkyl halides is 1. The van der Waals surface area contributed by atoms with Crippen molar-refractivity contribution < 1.29 is 8.42 Å². The number of halogens is 1. The lowest BCUT2D eigenvalue weighted by molar-refractivity contribution is 0.395. The van der Waals surface area contributed by atoms with Crippen molar-refractivity contribution in [1.82, 2.24) is 4.31 Å². The number of aryl methyl sites for hydroxylation is 1. The van der Waals surface area contributed by atoms with Crippen LogP contribution in [0.5, 0.6) is 0 Å². The molecule has 0 heterocycles. The van der Waals surface area contributed by atoms with Crippen LogP contribution < -0.4 is 0 Å². The second-order valence-corrected chi connectivity index (χ2v) is 8.07. The van der Waals surface area contributed by atoms with Crippen LogP contribution in [0.3, 0.4) is 0 Å². The number of benzene rings is 1. The maximum atomic E-state index is 12.5. The van der Waals surface area contributed by atoms with Crippen molar-refractivity contribution >= 4 is 21.6 Å². The van der Waals surface area contributed by atoms with Crippen LogP contribution >= 0.6 is 11.6 Å². The minimum Gasteiger partial charge on any atom is -0.212 e. The summed E-state index contributed by atoms with van der Waals surface area (Å²) in [5.74, 6) is 0.502. The molecule has 0 N–H and O–H groups in total. The second-order valence-electron chi connectivity index (χ2n) is 5.80. The summed E-state index contributed by atoms with van der Waals surface area (Å²) >= 11 is 5.75. The Hall–Kier alpha value is -0.580. The van der Waals surface area contributed by atoms with Crippen molar-refractivity contribution in [3.05, 3.63) is 35.4 Å². The van der Waals surface area contributed by atoms with E-state index in [-0.39, 0.29) is 17.7 Å². The van der Waals surface area contributed by atoms with Gasteiger partial charge in [0.15, 0.2) is 0 Å². The molecule has 0 amide bonds. The highest BCUT2D eigenvalue weighted by molar-refractivity contribution is 7.89. The number of sulfonamides is 1. The lowest BCUT2D eigenvalue weighted by atomic mass is 10.1. The number of hydrogen-bond donors (Lipinski definition) is 0. The van der Waals surface area contributed by atoms with Gasteiger partial charge in [-0.2, -0.15) is 4.31 Å². The molecule has 1 unspecified atom stereocenters. The minimum absolute atomic E-state index is 0.0130. The van der Waals surface area contributed by atoms with Gasteiger partial charge in [0, 0.05) is 18.5 Å². The zero-order valence-electron chi connectivity index (χ0n) is 12.0. The fourth-order valence-electron chi connectivity index (χ4n) is 2.19. The van der Waals surface area contributed by atoms with Gasteiger partial charge in [-0.1, -0.05) is 36.8 Å². The summed E-state index contributed by atoms with van der Waals surface area (Å²) in [5, 5.41) is 0. The van der Waals surface area contributed by atoms with E-state index in [2.05, 4.69) is 0 Å². The van der Waals surface area contributed by atoms with Crippen LogP contribution in [0.25, 0.3) is 0 Å². The van der Waals surface area contributed by atoms with Crippen molar-refractivity contribution in [2.45, 2.75) is 39.3 Å². The molecule has 20 heavy (non-hydrogen) atoms. The standard InChI is InChI=1S/C15H22ClNO2S/c1-12-3-5-14(6-4-12)10-17(15-7-8-15)20(18,19)11-13(2)9-16/h3-6,13,15H,7-11H2,1-2H3. The van der Waals surface area contributed by atoms with Crippen molar-refractivity contribution in [3.63, 3.8) is 0 Å². The highest BCUT2D eigenvalue weighted by atomic mass is 35.5. The number of rotatable bonds is 7. The Bertz CT molecular complexity index is 537. The normalized spacial score (nSPS) is 17.4. The predicted octanol–water partition coefficient (Wildman–Crippen LogP) is 3.16. The molecular weight excluding hydrogens is 294 g/mol. The van der Waals surface area contributed by atoms with Crippen molar-refractivity contribution in [2.75, 3.05) is 11.6 Å². The van der Waals surface area contributed by atoms with Gasteiger partial charge >= 0.3 is 0 Å². The van der Waals surface area contributed by atoms with Gasteiger partial charge in [-0.15, -0.1) is 11.6 Å². The van der Waals surface area contributed by atoms with Gasteiger partial charge < -0.3 is 0 Å². The summed E-state index contributed by atoms with van der Waals surface area (Å²) in [5.41, 5.74) is 2.23. The van der Waals surface area contributed by atoms with E-state index in [0.717, 1.165) is 18.4 Å². The van der Waals surface area contributed by atoms with Crippen molar-refractivity contribution in [3.8, 4) is 0 Å². The van der Waals surface area contributed by atoms with Gasteiger partial charge in [0.2, 0.25) is 10.0 Å². The minimum atomic E-state index is -3.23.